The molecule has 0 spiro atoms. The molecule has 0 saturated carbocycles. The van der Waals surface area contributed by atoms with Gasteiger partial charge in [-0.05, 0) is 35.9 Å². The minimum atomic E-state index is -0.599. The highest BCUT2D eigenvalue weighted by Gasteiger charge is 2.14. The molecule has 0 aliphatic rings. The number of benzene rings is 2. The Bertz CT molecular complexity index is 1220. The minimum absolute atomic E-state index is 0.126. The molecule has 0 radical (unpaired) electrons. The standard InChI is InChI=1S/C20H17Cl2N5O2/c1-26-11-23-16-7-12(3-6-17(16)26)10-29-20(28)24-19-9-18(27(2)25-19)14-5-4-13(21)8-15(14)22/h3-9,11H,10H2,1-2H3,(H,24,25,28). The molecular formula is C20H17Cl2N5O2. The van der Waals surface area contributed by atoms with Crippen molar-refractivity contribution in [2.75, 3.05) is 5.32 Å². The summed E-state index contributed by atoms with van der Waals surface area (Å²) in [4.78, 5) is 16.5. The second-order valence-corrected chi connectivity index (χ2v) is 7.39. The maximum Gasteiger partial charge on any atom is 0.413 e. The molecule has 2 aromatic carbocycles. The highest BCUT2D eigenvalue weighted by Crippen LogP contribution is 2.31. The maximum absolute atomic E-state index is 12.2. The molecule has 0 bridgehead atoms. The van der Waals surface area contributed by atoms with Gasteiger partial charge in [0.1, 0.15) is 6.61 Å². The number of carbonyl (C=O) groups excluding carboxylic acids is 1. The fourth-order valence-electron chi connectivity index (χ4n) is 3.04. The topological polar surface area (TPSA) is 74.0 Å². The van der Waals surface area contributed by atoms with Gasteiger partial charge in [-0.3, -0.25) is 10.00 Å². The van der Waals surface area contributed by atoms with Gasteiger partial charge in [0.05, 0.1) is 28.1 Å². The van der Waals surface area contributed by atoms with Gasteiger partial charge in [-0.25, -0.2) is 9.78 Å². The van der Waals surface area contributed by atoms with E-state index in [2.05, 4.69) is 15.4 Å². The van der Waals surface area contributed by atoms with Crippen molar-refractivity contribution in [3.63, 3.8) is 0 Å². The van der Waals surface area contributed by atoms with Crippen LogP contribution in [0.3, 0.4) is 0 Å². The Kier molecular flexibility index (Phi) is 5.17. The van der Waals surface area contributed by atoms with Crippen LogP contribution in [0.2, 0.25) is 10.0 Å². The lowest BCUT2D eigenvalue weighted by atomic mass is 10.1. The van der Waals surface area contributed by atoms with Crippen molar-refractivity contribution in [2.24, 2.45) is 14.1 Å². The van der Waals surface area contributed by atoms with Gasteiger partial charge < -0.3 is 9.30 Å². The van der Waals surface area contributed by atoms with Crippen LogP contribution in [0.4, 0.5) is 10.6 Å². The van der Waals surface area contributed by atoms with Crippen molar-refractivity contribution in [2.45, 2.75) is 6.61 Å². The lowest BCUT2D eigenvalue weighted by Gasteiger charge is -2.05. The molecule has 2 heterocycles. The number of rotatable bonds is 4. The van der Waals surface area contributed by atoms with Crippen molar-refractivity contribution in [1.82, 2.24) is 19.3 Å². The molecule has 0 aliphatic heterocycles. The fourth-order valence-corrected chi connectivity index (χ4v) is 3.54. The number of aryl methyl sites for hydroxylation is 2. The summed E-state index contributed by atoms with van der Waals surface area (Å²) in [5, 5.41) is 7.97. The van der Waals surface area contributed by atoms with Crippen LogP contribution in [0.15, 0.2) is 48.8 Å². The van der Waals surface area contributed by atoms with Crippen molar-refractivity contribution < 1.29 is 9.53 Å². The summed E-state index contributed by atoms with van der Waals surface area (Å²) in [5.41, 5.74) is 4.21. The zero-order valence-electron chi connectivity index (χ0n) is 15.7. The number of carbonyl (C=O) groups is 1. The number of imidazole rings is 1. The molecule has 1 amide bonds. The van der Waals surface area contributed by atoms with Gasteiger partial charge in [0, 0.05) is 30.7 Å². The number of ether oxygens (including phenoxy) is 1. The number of hydrogen-bond donors (Lipinski definition) is 1. The average molecular weight is 430 g/mol. The number of nitrogens with zero attached hydrogens (tertiary/aromatic N) is 4. The molecule has 7 nitrogen and oxygen atoms in total. The predicted octanol–water partition coefficient (Wildman–Crippen LogP) is 5.03. The summed E-state index contributed by atoms with van der Waals surface area (Å²) in [5.74, 6) is 0.360. The van der Waals surface area contributed by atoms with Crippen LogP contribution in [0, 0.1) is 0 Å². The number of fused-ring (bicyclic) bond motifs is 1. The van der Waals surface area contributed by atoms with E-state index in [-0.39, 0.29) is 6.61 Å². The van der Waals surface area contributed by atoms with Crippen LogP contribution in [0.5, 0.6) is 0 Å². The summed E-state index contributed by atoms with van der Waals surface area (Å²) in [6, 6.07) is 12.7. The van der Waals surface area contributed by atoms with Gasteiger partial charge in [0.15, 0.2) is 5.82 Å². The Hall–Kier alpha value is -3.03. The van der Waals surface area contributed by atoms with Crippen LogP contribution in [-0.4, -0.2) is 25.4 Å². The Morgan fingerprint density at radius 1 is 1.14 bits per heavy atom. The van der Waals surface area contributed by atoms with E-state index in [1.54, 1.807) is 42.3 Å². The van der Waals surface area contributed by atoms with Gasteiger partial charge in [-0.2, -0.15) is 5.10 Å². The van der Waals surface area contributed by atoms with E-state index in [1.807, 2.05) is 29.8 Å². The van der Waals surface area contributed by atoms with Gasteiger partial charge in [-0.15, -0.1) is 0 Å². The molecule has 29 heavy (non-hydrogen) atoms. The highest BCUT2D eigenvalue weighted by molar-refractivity contribution is 6.36. The van der Waals surface area contributed by atoms with E-state index in [0.717, 1.165) is 27.9 Å². The highest BCUT2D eigenvalue weighted by atomic mass is 35.5. The van der Waals surface area contributed by atoms with Crippen LogP contribution in [-0.2, 0) is 25.4 Å². The zero-order valence-corrected chi connectivity index (χ0v) is 17.2. The van der Waals surface area contributed by atoms with E-state index in [0.29, 0.717) is 15.9 Å². The summed E-state index contributed by atoms with van der Waals surface area (Å²) in [6.45, 7) is 0.126. The number of halogens is 2. The molecule has 2 aromatic heterocycles. The summed E-state index contributed by atoms with van der Waals surface area (Å²) >= 11 is 12.2. The SMILES string of the molecule is Cn1nc(NC(=O)OCc2ccc3c(c2)ncn3C)cc1-c1ccc(Cl)cc1Cl. The van der Waals surface area contributed by atoms with E-state index < -0.39 is 6.09 Å². The van der Waals surface area contributed by atoms with Gasteiger partial charge in [0.2, 0.25) is 0 Å². The van der Waals surface area contributed by atoms with E-state index in [4.69, 9.17) is 27.9 Å². The zero-order chi connectivity index (χ0) is 20.5. The molecule has 4 aromatic rings. The minimum Gasteiger partial charge on any atom is -0.444 e. The van der Waals surface area contributed by atoms with Gasteiger partial charge in [-0.1, -0.05) is 29.3 Å². The molecule has 0 fully saturated rings. The summed E-state index contributed by atoms with van der Waals surface area (Å²) < 4.78 is 8.86. The summed E-state index contributed by atoms with van der Waals surface area (Å²) in [7, 11) is 3.69. The second-order valence-electron chi connectivity index (χ2n) is 6.54. The van der Waals surface area contributed by atoms with Crippen LogP contribution >= 0.6 is 23.2 Å². The number of aromatic nitrogens is 4. The Labute approximate surface area is 176 Å². The average Bonchev–Trinajstić information content (AvgIpc) is 3.22. The first-order valence-corrected chi connectivity index (χ1v) is 9.49. The van der Waals surface area contributed by atoms with E-state index >= 15 is 0 Å². The van der Waals surface area contributed by atoms with Crippen molar-refractivity contribution in [3.8, 4) is 11.3 Å². The Morgan fingerprint density at radius 3 is 2.76 bits per heavy atom. The molecule has 9 heteroatoms. The summed E-state index contributed by atoms with van der Waals surface area (Å²) in [6.07, 6.45) is 1.14. The number of amides is 1. The van der Waals surface area contributed by atoms with Crippen molar-refractivity contribution >= 4 is 46.1 Å². The normalized spacial score (nSPS) is 11.0. The van der Waals surface area contributed by atoms with Crippen LogP contribution in [0.25, 0.3) is 22.3 Å². The monoisotopic (exact) mass is 429 g/mol. The van der Waals surface area contributed by atoms with Crippen LogP contribution in [0.1, 0.15) is 5.56 Å². The lowest BCUT2D eigenvalue weighted by molar-refractivity contribution is 0.155. The fraction of sp³-hybridized carbons (Fsp3) is 0.150. The molecule has 1 N–H and O–H groups in total. The first-order valence-electron chi connectivity index (χ1n) is 8.74. The quantitative estimate of drug-likeness (QED) is 0.493. The van der Waals surface area contributed by atoms with Crippen molar-refractivity contribution in [3.05, 3.63) is 64.4 Å². The van der Waals surface area contributed by atoms with Crippen LogP contribution < -0.4 is 5.32 Å². The van der Waals surface area contributed by atoms with E-state index in [9.17, 15) is 4.79 Å². The molecule has 0 atom stereocenters. The predicted molar refractivity (Wildman–Crippen MR) is 113 cm³/mol. The molecule has 0 unspecified atom stereocenters. The first kappa shape index (κ1) is 19.3. The third-order valence-electron chi connectivity index (χ3n) is 4.48. The first-order chi connectivity index (χ1) is 13.9. The Balaban J connectivity index is 1.43. The maximum atomic E-state index is 12.2. The molecule has 0 saturated heterocycles. The number of anilines is 1. The number of hydrogen-bond acceptors (Lipinski definition) is 4. The van der Waals surface area contributed by atoms with Crippen molar-refractivity contribution in [1.29, 1.82) is 0 Å². The molecule has 0 aliphatic carbocycles. The van der Waals surface area contributed by atoms with E-state index in [1.165, 1.54) is 0 Å². The third-order valence-corrected chi connectivity index (χ3v) is 5.02. The van der Waals surface area contributed by atoms with Gasteiger partial charge in [0.25, 0.3) is 0 Å². The lowest BCUT2D eigenvalue weighted by Crippen LogP contribution is -2.14. The molecule has 4 rings (SSSR count). The second kappa shape index (κ2) is 7.77. The smallest absolute Gasteiger partial charge is 0.413 e. The number of nitrogens with one attached hydrogen (secondary N) is 1. The third kappa shape index (κ3) is 4.06. The molecular weight excluding hydrogens is 413 g/mol. The molecule has 148 valence electrons. The largest absolute Gasteiger partial charge is 0.444 e. The Morgan fingerprint density at radius 2 is 1.97 bits per heavy atom. The van der Waals surface area contributed by atoms with Gasteiger partial charge >= 0.3 is 6.09 Å².